The first-order chi connectivity index (χ1) is 12.8. The van der Waals surface area contributed by atoms with Crippen molar-refractivity contribution in [3.8, 4) is 0 Å². The summed E-state index contributed by atoms with van der Waals surface area (Å²) >= 11 is 6.32. The van der Waals surface area contributed by atoms with E-state index in [0.717, 1.165) is 21.8 Å². The summed E-state index contributed by atoms with van der Waals surface area (Å²) in [6.07, 6.45) is 4.17. The molecule has 0 saturated carbocycles. The van der Waals surface area contributed by atoms with Crippen LogP contribution in [0.1, 0.15) is 16.7 Å². The van der Waals surface area contributed by atoms with E-state index in [1.807, 2.05) is 30.3 Å². The zero-order chi connectivity index (χ0) is 17.5. The maximum Gasteiger partial charge on any atom is 0.211 e. The molecule has 0 unspecified atom stereocenters. The van der Waals surface area contributed by atoms with E-state index in [2.05, 4.69) is 64.9 Å². The third-order valence-electron chi connectivity index (χ3n) is 4.83. The van der Waals surface area contributed by atoms with Crippen molar-refractivity contribution in [1.82, 2.24) is 4.98 Å². The number of aromatic amines is 1. The molecule has 0 spiro atoms. The van der Waals surface area contributed by atoms with Gasteiger partial charge in [-0.15, -0.1) is 0 Å². The minimum Gasteiger partial charge on any atom is -0.361 e. The van der Waals surface area contributed by atoms with Gasteiger partial charge in [0.1, 0.15) is 0 Å². The first kappa shape index (κ1) is 15.2. The van der Waals surface area contributed by atoms with Crippen LogP contribution in [0.2, 0.25) is 5.02 Å². The summed E-state index contributed by atoms with van der Waals surface area (Å²) in [7, 11) is 0. The van der Waals surface area contributed by atoms with Crippen molar-refractivity contribution in [2.75, 3.05) is 0 Å². The van der Waals surface area contributed by atoms with Gasteiger partial charge in [-0.3, -0.25) is 0 Å². The zero-order valence-electron chi connectivity index (χ0n) is 14.0. The van der Waals surface area contributed by atoms with Crippen molar-refractivity contribution in [3.63, 3.8) is 0 Å². The number of para-hydroxylation sites is 2. The van der Waals surface area contributed by atoms with Gasteiger partial charge in [0.2, 0.25) is 5.69 Å². The van der Waals surface area contributed by atoms with Gasteiger partial charge in [-0.2, -0.15) is 0 Å². The summed E-state index contributed by atoms with van der Waals surface area (Å²) in [5.74, 6) is 0. The molecule has 0 bridgehead atoms. The maximum atomic E-state index is 6.32. The second-order valence-electron chi connectivity index (χ2n) is 6.38. The molecular weight excluding hydrogens is 340 g/mol. The number of halogens is 1. The predicted octanol–water partition coefficient (Wildman–Crippen LogP) is 4.58. The van der Waals surface area contributed by atoms with Crippen LogP contribution in [0.5, 0.6) is 0 Å². The number of benzene rings is 3. The van der Waals surface area contributed by atoms with Gasteiger partial charge in [-0.1, -0.05) is 54.1 Å². The molecule has 0 aliphatic carbocycles. The molecule has 1 aliphatic rings. The van der Waals surface area contributed by atoms with Crippen molar-refractivity contribution in [3.05, 3.63) is 101 Å². The normalized spacial score (nSPS) is 14.7. The quantitative estimate of drug-likeness (QED) is 0.527. The summed E-state index contributed by atoms with van der Waals surface area (Å²) in [6, 6.07) is 24.8. The minimum absolute atomic E-state index is 0.736. The molecule has 1 aromatic heterocycles. The Morgan fingerprint density at radius 3 is 2.65 bits per heavy atom. The Hall–Kier alpha value is -3.10. The standard InChI is InChI=1S/C23H15ClN2/c24-16-7-5-6-15(12-16)23(19-13-25-21-10-3-1-8-17(19)21)20-14-26-22-11-4-2-9-18(20)22/h1-14,25H/p+1. The van der Waals surface area contributed by atoms with Gasteiger partial charge in [-0.25, -0.2) is 4.99 Å². The third-order valence-corrected chi connectivity index (χ3v) is 5.07. The van der Waals surface area contributed by atoms with Gasteiger partial charge < -0.3 is 4.98 Å². The molecule has 5 rings (SSSR count). The smallest absolute Gasteiger partial charge is 0.211 e. The molecule has 0 atom stereocenters. The van der Waals surface area contributed by atoms with E-state index in [1.54, 1.807) is 0 Å². The van der Waals surface area contributed by atoms with Crippen molar-refractivity contribution >= 4 is 45.6 Å². The lowest BCUT2D eigenvalue weighted by Crippen LogP contribution is -2.58. The average Bonchev–Trinajstić information content (AvgIpc) is 3.28. The van der Waals surface area contributed by atoms with Crippen LogP contribution in [0.25, 0.3) is 22.0 Å². The van der Waals surface area contributed by atoms with Gasteiger partial charge in [0.15, 0.2) is 6.21 Å². The first-order valence-corrected chi connectivity index (χ1v) is 8.95. The largest absolute Gasteiger partial charge is 0.361 e. The molecule has 0 fully saturated rings. The number of hydrogen-bond acceptors (Lipinski definition) is 0. The van der Waals surface area contributed by atoms with E-state index in [0.29, 0.717) is 0 Å². The fourth-order valence-corrected chi connectivity index (χ4v) is 3.85. The maximum absolute atomic E-state index is 6.32. The molecule has 1 aliphatic heterocycles. The average molecular weight is 356 g/mol. The van der Waals surface area contributed by atoms with E-state index >= 15 is 0 Å². The number of allylic oxidation sites excluding steroid dienone is 1. The van der Waals surface area contributed by atoms with Gasteiger partial charge >= 0.3 is 0 Å². The van der Waals surface area contributed by atoms with Gasteiger partial charge in [0.25, 0.3) is 0 Å². The lowest BCUT2D eigenvalue weighted by Gasteiger charge is -2.10. The molecule has 0 radical (unpaired) electrons. The van der Waals surface area contributed by atoms with Gasteiger partial charge in [0, 0.05) is 39.3 Å². The van der Waals surface area contributed by atoms with Crippen molar-refractivity contribution in [2.24, 2.45) is 0 Å². The molecule has 3 heteroatoms. The predicted molar refractivity (Wildman–Crippen MR) is 109 cm³/mol. The Balaban J connectivity index is 1.86. The van der Waals surface area contributed by atoms with Gasteiger partial charge in [0.05, 0.1) is 11.1 Å². The highest BCUT2D eigenvalue weighted by molar-refractivity contribution is 6.31. The second-order valence-corrected chi connectivity index (χ2v) is 6.82. The summed E-state index contributed by atoms with van der Waals surface area (Å²) in [6.45, 7) is 0. The van der Waals surface area contributed by atoms with Crippen LogP contribution in [0, 0.1) is 0 Å². The zero-order valence-corrected chi connectivity index (χ0v) is 14.7. The van der Waals surface area contributed by atoms with Crippen LogP contribution in [0.15, 0.2) is 79.0 Å². The van der Waals surface area contributed by atoms with Crippen LogP contribution < -0.4 is 4.99 Å². The van der Waals surface area contributed by atoms with Crippen LogP contribution in [0.4, 0.5) is 5.69 Å². The van der Waals surface area contributed by atoms with Gasteiger partial charge in [-0.05, 0) is 29.8 Å². The van der Waals surface area contributed by atoms with Crippen LogP contribution in [0.3, 0.4) is 0 Å². The van der Waals surface area contributed by atoms with Crippen LogP contribution >= 0.6 is 11.6 Å². The van der Waals surface area contributed by atoms with Crippen molar-refractivity contribution in [2.45, 2.75) is 0 Å². The summed E-state index contributed by atoms with van der Waals surface area (Å²) in [5.41, 5.74) is 8.08. The van der Waals surface area contributed by atoms with E-state index < -0.39 is 0 Å². The Morgan fingerprint density at radius 2 is 1.73 bits per heavy atom. The molecule has 2 nitrogen and oxygen atoms in total. The van der Waals surface area contributed by atoms with Crippen LogP contribution in [-0.4, -0.2) is 11.2 Å². The molecule has 0 saturated heterocycles. The Morgan fingerprint density at radius 1 is 0.885 bits per heavy atom. The SMILES string of the molecule is Clc1cccc(C(=C2C=[NH+]c3ccccc32)c2c[nH]c3ccccc23)c1. The number of fused-ring (bicyclic) bond motifs is 2. The highest BCUT2D eigenvalue weighted by atomic mass is 35.5. The van der Waals surface area contributed by atoms with E-state index in [-0.39, 0.29) is 0 Å². The first-order valence-electron chi connectivity index (χ1n) is 8.57. The molecule has 2 heterocycles. The Bertz CT molecular complexity index is 1200. The van der Waals surface area contributed by atoms with E-state index in [4.69, 9.17) is 11.6 Å². The fraction of sp³-hybridized carbons (Fsp3) is 0. The lowest BCUT2D eigenvalue weighted by atomic mass is 9.90. The summed E-state index contributed by atoms with van der Waals surface area (Å²) in [5, 5.41) is 1.94. The third kappa shape index (κ3) is 2.39. The molecule has 26 heavy (non-hydrogen) atoms. The number of aromatic nitrogens is 1. The molecule has 2 N–H and O–H groups in total. The highest BCUT2D eigenvalue weighted by Gasteiger charge is 2.24. The number of nitrogens with one attached hydrogen (secondary N) is 2. The monoisotopic (exact) mass is 355 g/mol. The highest BCUT2D eigenvalue weighted by Crippen LogP contribution is 2.37. The molecular formula is C23H16ClN2+. The number of hydrogen-bond donors (Lipinski definition) is 2. The molecule has 0 amide bonds. The number of rotatable bonds is 2. The molecule has 4 aromatic rings. The fourth-order valence-electron chi connectivity index (χ4n) is 3.66. The molecule has 124 valence electrons. The summed E-state index contributed by atoms with van der Waals surface area (Å²) in [4.78, 5) is 6.80. The Kier molecular flexibility index (Phi) is 3.51. The minimum atomic E-state index is 0.736. The number of H-pyrrole nitrogens is 1. The lowest BCUT2D eigenvalue weighted by molar-refractivity contribution is -0.342. The van der Waals surface area contributed by atoms with E-state index in [9.17, 15) is 0 Å². The Labute approximate surface area is 156 Å². The van der Waals surface area contributed by atoms with Crippen molar-refractivity contribution in [1.29, 1.82) is 0 Å². The second kappa shape index (κ2) is 6.01. The molecule has 3 aromatic carbocycles. The van der Waals surface area contributed by atoms with E-state index in [1.165, 1.54) is 27.7 Å². The van der Waals surface area contributed by atoms with Crippen LogP contribution in [-0.2, 0) is 0 Å². The van der Waals surface area contributed by atoms with Crippen molar-refractivity contribution < 1.29 is 4.99 Å². The topological polar surface area (TPSA) is 29.8 Å². The summed E-state index contributed by atoms with van der Waals surface area (Å²) < 4.78 is 0.